The van der Waals surface area contributed by atoms with Crippen molar-refractivity contribution in [3.05, 3.63) is 81.9 Å². The Morgan fingerprint density at radius 1 is 1.03 bits per heavy atom. The Balaban J connectivity index is 1.52. The van der Waals surface area contributed by atoms with Crippen LogP contribution >= 0.6 is 23.2 Å². The zero-order chi connectivity index (χ0) is 27.2. The van der Waals surface area contributed by atoms with Crippen LogP contribution in [0.5, 0.6) is 0 Å². The number of carbonyl (C=O) groups is 2. The van der Waals surface area contributed by atoms with Crippen molar-refractivity contribution >= 4 is 40.8 Å². The summed E-state index contributed by atoms with van der Waals surface area (Å²) in [5, 5.41) is 21.5. The van der Waals surface area contributed by atoms with Crippen molar-refractivity contribution in [2.75, 3.05) is 5.32 Å². The molecule has 4 rings (SSSR count). The summed E-state index contributed by atoms with van der Waals surface area (Å²) < 4.78 is 14.6. The van der Waals surface area contributed by atoms with Crippen molar-refractivity contribution in [2.24, 2.45) is 5.92 Å². The number of halogens is 2. The highest BCUT2D eigenvalue weighted by Gasteiger charge is 2.38. The van der Waals surface area contributed by atoms with Gasteiger partial charge in [-0.2, -0.15) is 0 Å². The van der Waals surface area contributed by atoms with Crippen LogP contribution in [-0.4, -0.2) is 37.7 Å². The SMILES string of the molecule is C[C@@H]1[C@H](Cn2cnc(Cl)c2Cl)O[C@H](c2ccc(NC(=O)CCCC(=O)O)cc2)O[C@@H]1c1ccc(CO)cc1. The molecule has 0 unspecified atom stereocenters. The standard InChI is InChI=1S/C27H29Cl2N3O6/c1-16-21(13-32-15-30-25(28)26(32)29)37-27(38-24(16)18-7-5-17(14-33)6-8-18)19-9-11-20(12-10-19)31-22(34)3-2-4-23(35)36/h5-12,15-16,21,24,27,33H,2-4,13-14H2,1H3,(H,31,34)(H,35,36)/t16-,21+,24+,27+/m1/s1. The molecule has 0 aliphatic carbocycles. The van der Waals surface area contributed by atoms with Crippen LogP contribution in [0.4, 0.5) is 5.69 Å². The average Bonchev–Trinajstić information content (AvgIpc) is 3.22. The summed E-state index contributed by atoms with van der Waals surface area (Å²) in [6.07, 6.45) is 0.616. The first-order valence-electron chi connectivity index (χ1n) is 12.2. The third-order valence-corrected chi connectivity index (χ3v) is 7.26. The fraction of sp³-hybridized carbons (Fsp3) is 0.370. The molecule has 0 radical (unpaired) electrons. The number of imidazole rings is 1. The molecular formula is C27H29Cl2N3O6. The number of rotatable bonds is 10. The molecule has 38 heavy (non-hydrogen) atoms. The fourth-order valence-electron chi connectivity index (χ4n) is 4.34. The Bertz CT molecular complexity index is 1250. The molecule has 0 saturated carbocycles. The van der Waals surface area contributed by atoms with Gasteiger partial charge >= 0.3 is 5.97 Å². The molecule has 1 aliphatic heterocycles. The van der Waals surface area contributed by atoms with Gasteiger partial charge in [-0.15, -0.1) is 0 Å². The number of benzene rings is 2. The van der Waals surface area contributed by atoms with E-state index >= 15 is 0 Å². The van der Waals surface area contributed by atoms with E-state index in [-0.39, 0.29) is 55.1 Å². The first-order valence-corrected chi connectivity index (χ1v) is 13.0. The van der Waals surface area contributed by atoms with E-state index < -0.39 is 12.3 Å². The van der Waals surface area contributed by atoms with Crippen molar-refractivity contribution < 1.29 is 29.3 Å². The minimum atomic E-state index is -0.927. The summed E-state index contributed by atoms with van der Waals surface area (Å²) in [6, 6.07) is 14.8. The Kier molecular flexibility index (Phi) is 9.40. The zero-order valence-electron chi connectivity index (χ0n) is 20.7. The number of anilines is 1. The van der Waals surface area contributed by atoms with Crippen LogP contribution in [0.2, 0.25) is 10.3 Å². The highest BCUT2D eigenvalue weighted by molar-refractivity contribution is 6.40. The Hall–Kier alpha value is -2.95. The van der Waals surface area contributed by atoms with Gasteiger partial charge in [0, 0.05) is 30.0 Å². The number of nitrogens with zero attached hydrogens (tertiary/aromatic N) is 2. The monoisotopic (exact) mass is 561 g/mol. The number of amides is 1. The summed E-state index contributed by atoms with van der Waals surface area (Å²) in [5.41, 5.74) is 3.11. The van der Waals surface area contributed by atoms with Crippen molar-refractivity contribution in [3.63, 3.8) is 0 Å². The maximum absolute atomic E-state index is 12.1. The summed E-state index contributed by atoms with van der Waals surface area (Å²) in [7, 11) is 0. The molecule has 1 amide bonds. The Morgan fingerprint density at radius 2 is 1.71 bits per heavy atom. The number of carboxylic acid groups (broad SMARTS) is 1. The normalized spacial score (nSPS) is 21.3. The van der Waals surface area contributed by atoms with E-state index in [1.807, 2.05) is 43.3 Å². The van der Waals surface area contributed by atoms with E-state index in [1.165, 1.54) is 0 Å². The van der Waals surface area contributed by atoms with Crippen molar-refractivity contribution in [3.8, 4) is 0 Å². The first-order chi connectivity index (χ1) is 18.2. The van der Waals surface area contributed by atoms with Crippen LogP contribution in [0.15, 0.2) is 54.9 Å². The van der Waals surface area contributed by atoms with Gasteiger partial charge in [0.15, 0.2) is 11.4 Å². The number of aliphatic hydroxyl groups excluding tert-OH is 1. The average molecular weight is 562 g/mol. The minimum absolute atomic E-state index is 0.0436. The molecule has 9 nitrogen and oxygen atoms in total. The minimum Gasteiger partial charge on any atom is -0.481 e. The van der Waals surface area contributed by atoms with Gasteiger partial charge in [-0.25, -0.2) is 4.98 Å². The molecule has 2 heterocycles. The number of ether oxygens (including phenoxy) is 2. The van der Waals surface area contributed by atoms with Gasteiger partial charge in [0.2, 0.25) is 5.91 Å². The zero-order valence-corrected chi connectivity index (χ0v) is 22.2. The molecule has 11 heteroatoms. The maximum atomic E-state index is 12.1. The number of nitrogens with one attached hydrogen (secondary N) is 1. The fourth-order valence-corrected chi connectivity index (χ4v) is 4.65. The molecule has 1 saturated heterocycles. The molecule has 1 aliphatic rings. The van der Waals surface area contributed by atoms with E-state index in [9.17, 15) is 14.7 Å². The van der Waals surface area contributed by atoms with Gasteiger partial charge in [-0.05, 0) is 29.7 Å². The number of carboxylic acids is 1. The maximum Gasteiger partial charge on any atom is 0.303 e. The third-order valence-electron chi connectivity index (χ3n) is 6.49. The Morgan fingerprint density at radius 3 is 2.32 bits per heavy atom. The second-order valence-corrected chi connectivity index (χ2v) is 9.93. The van der Waals surface area contributed by atoms with Crippen LogP contribution in [0.1, 0.15) is 55.3 Å². The molecular weight excluding hydrogens is 533 g/mol. The largest absolute Gasteiger partial charge is 0.481 e. The topological polar surface area (TPSA) is 123 Å². The number of aliphatic hydroxyl groups is 1. The molecule has 1 fully saturated rings. The van der Waals surface area contributed by atoms with E-state index in [2.05, 4.69) is 10.3 Å². The summed E-state index contributed by atoms with van der Waals surface area (Å²) in [6.45, 7) is 2.41. The first kappa shape index (κ1) is 28.1. The number of carbonyl (C=O) groups excluding carboxylic acids is 1. The van der Waals surface area contributed by atoms with Crippen molar-refractivity contribution in [2.45, 2.75) is 57.8 Å². The van der Waals surface area contributed by atoms with Gasteiger partial charge in [0.1, 0.15) is 5.15 Å². The van der Waals surface area contributed by atoms with Crippen molar-refractivity contribution in [1.29, 1.82) is 0 Å². The van der Waals surface area contributed by atoms with Gasteiger partial charge in [0.05, 0.1) is 31.7 Å². The molecule has 4 atom stereocenters. The quantitative estimate of drug-likeness (QED) is 0.304. The van der Waals surface area contributed by atoms with E-state index in [4.69, 9.17) is 37.8 Å². The lowest BCUT2D eigenvalue weighted by molar-refractivity contribution is -0.276. The van der Waals surface area contributed by atoms with Crippen LogP contribution in [0.3, 0.4) is 0 Å². The van der Waals surface area contributed by atoms with Crippen LogP contribution in [0.25, 0.3) is 0 Å². The van der Waals surface area contributed by atoms with Crippen LogP contribution < -0.4 is 5.32 Å². The molecule has 0 bridgehead atoms. The highest BCUT2D eigenvalue weighted by atomic mass is 35.5. The van der Waals surface area contributed by atoms with Crippen LogP contribution in [0, 0.1) is 5.92 Å². The predicted molar refractivity (Wildman–Crippen MR) is 142 cm³/mol. The molecule has 3 aromatic rings. The molecule has 1 aromatic heterocycles. The van der Waals surface area contributed by atoms with E-state index in [0.29, 0.717) is 17.4 Å². The molecule has 202 valence electrons. The number of aromatic nitrogens is 2. The highest BCUT2D eigenvalue weighted by Crippen LogP contribution is 2.42. The van der Waals surface area contributed by atoms with E-state index in [1.54, 1.807) is 23.0 Å². The molecule has 0 spiro atoms. The lowest BCUT2D eigenvalue weighted by Crippen LogP contribution is -2.39. The molecule has 3 N–H and O–H groups in total. The lowest BCUT2D eigenvalue weighted by Gasteiger charge is -2.41. The second kappa shape index (κ2) is 12.7. The summed E-state index contributed by atoms with van der Waals surface area (Å²) >= 11 is 12.4. The van der Waals surface area contributed by atoms with Crippen molar-refractivity contribution in [1.82, 2.24) is 9.55 Å². The third kappa shape index (κ3) is 6.92. The van der Waals surface area contributed by atoms with E-state index in [0.717, 1.165) is 16.7 Å². The Labute approximate surface area is 230 Å². The van der Waals surface area contributed by atoms with Gasteiger partial charge in [-0.3, -0.25) is 9.59 Å². The predicted octanol–water partition coefficient (Wildman–Crippen LogP) is 5.37. The summed E-state index contributed by atoms with van der Waals surface area (Å²) in [5.74, 6) is -1.24. The lowest BCUT2D eigenvalue weighted by atomic mass is 9.90. The van der Waals surface area contributed by atoms with Gasteiger partial charge in [-0.1, -0.05) is 66.5 Å². The van der Waals surface area contributed by atoms with Gasteiger partial charge < -0.3 is 29.6 Å². The van der Waals surface area contributed by atoms with Crippen LogP contribution in [-0.2, 0) is 32.2 Å². The smallest absolute Gasteiger partial charge is 0.303 e. The number of hydrogen-bond acceptors (Lipinski definition) is 6. The number of hydrogen-bond donors (Lipinski definition) is 3. The molecule has 2 aromatic carbocycles. The summed E-state index contributed by atoms with van der Waals surface area (Å²) in [4.78, 5) is 26.8. The number of aliphatic carboxylic acids is 1. The van der Waals surface area contributed by atoms with Gasteiger partial charge in [0.25, 0.3) is 0 Å². The second-order valence-electron chi connectivity index (χ2n) is 9.22.